The molecule has 2 heterocycles. The lowest BCUT2D eigenvalue weighted by atomic mass is 10.1. The maximum absolute atomic E-state index is 12.6. The van der Waals surface area contributed by atoms with Crippen LogP contribution in [-0.4, -0.2) is 59.8 Å². The fraction of sp³-hybridized carbons (Fsp3) is 0.471. The minimum Gasteiger partial charge on any atom is -0.281 e. The number of benzene rings is 1. The van der Waals surface area contributed by atoms with Crippen molar-refractivity contribution in [2.75, 3.05) is 30.9 Å². The molecule has 0 N–H and O–H groups in total. The van der Waals surface area contributed by atoms with Crippen LogP contribution in [0.2, 0.25) is 5.02 Å². The molecule has 2 saturated heterocycles. The van der Waals surface area contributed by atoms with Gasteiger partial charge in [0.2, 0.25) is 5.84 Å². The van der Waals surface area contributed by atoms with Crippen LogP contribution in [-0.2, 0) is 4.79 Å². The van der Waals surface area contributed by atoms with Crippen molar-refractivity contribution < 1.29 is 9.59 Å². The Bertz CT molecular complexity index is 704. The number of imide groups is 1. The number of nitrogens with zero attached hydrogens (tertiary/aromatic N) is 4. The second-order valence-electron chi connectivity index (χ2n) is 6.12. The Balaban J connectivity index is 1.99. The number of aliphatic imine (C=N–C) groups is 1. The molecule has 1 aromatic rings. The number of para-hydroxylation sites is 1. The number of alkyl halides is 1. The largest absolute Gasteiger partial charge is 0.337 e. The van der Waals surface area contributed by atoms with Crippen LogP contribution in [0.4, 0.5) is 10.5 Å². The van der Waals surface area contributed by atoms with Crippen molar-refractivity contribution in [3.05, 3.63) is 29.3 Å². The summed E-state index contributed by atoms with van der Waals surface area (Å²) >= 11 is 12.4. The van der Waals surface area contributed by atoms with Gasteiger partial charge in [0.25, 0.3) is 5.91 Å². The Hall–Kier alpha value is -1.63. The molecule has 0 spiro atoms. The maximum Gasteiger partial charge on any atom is 0.337 e. The van der Waals surface area contributed by atoms with E-state index in [9.17, 15) is 9.59 Å². The number of hydrogen-bond donors (Lipinski definition) is 0. The molecule has 3 amide bonds. The molecule has 2 fully saturated rings. The molecule has 2 aliphatic rings. The highest BCUT2D eigenvalue weighted by Gasteiger charge is 2.42. The number of halogens is 2. The van der Waals surface area contributed by atoms with E-state index >= 15 is 0 Å². The van der Waals surface area contributed by atoms with Gasteiger partial charge in [0.15, 0.2) is 0 Å². The fourth-order valence-corrected chi connectivity index (χ4v) is 3.59. The summed E-state index contributed by atoms with van der Waals surface area (Å²) < 4.78 is 0. The Labute approximate surface area is 157 Å². The SMILES string of the molecule is CN1C(=O)C(=NC(CCl)N2CCCCC2)N(c2ccccc2Cl)C1=O. The number of likely N-dealkylation sites (tertiary alicyclic amines) is 1. The van der Waals surface area contributed by atoms with Gasteiger partial charge in [-0.15, -0.1) is 11.6 Å². The van der Waals surface area contributed by atoms with Crippen molar-refractivity contribution in [2.45, 2.75) is 25.4 Å². The molecule has 134 valence electrons. The summed E-state index contributed by atoms with van der Waals surface area (Å²) in [6, 6.07) is 6.43. The van der Waals surface area contributed by atoms with Crippen molar-refractivity contribution in [3.8, 4) is 0 Å². The van der Waals surface area contributed by atoms with E-state index in [1.165, 1.54) is 18.4 Å². The van der Waals surface area contributed by atoms with Gasteiger partial charge >= 0.3 is 6.03 Å². The first-order valence-corrected chi connectivity index (χ1v) is 9.20. The zero-order valence-corrected chi connectivity index (χ0v) is 15.5. The predicted molar refractivity (Wildman–Crippen MR) is 99.5 cm³/mol. The number of likely N-dealkylation sites (N-methyl/N-ethyl adjacent to an activating group) is 1. The lowest BCUT2D eigenvalue weighted by Crippen LogP contribution is -2.41. The molecule has 2 aliphatic heterocycles. The van der Waals surface area contributed by atoms with Gasteiger partial charge in [-0.05, 0) is 25.0 Å². The second-order valence-corrected chi connectivity index (χ2v) is 6.83. The highest BCUT2D eigenvalue weighted by atomic mass is 35.5. The quantitative estimate of drug-likeness (QED) is 0.593. The average molecular weight is 383 g/mol. The molecule has 0 radical (unpaired) electrons. The molecule has 0 saturated carbocycles. The number of rotatable bonds is 4. The standard InChI is InChI=1S/C17H20Cl2N4O2/c1-21-16(24)15(20-14(11-18)22-9-5-2-6-10-22)23(17(21)25)13-8-4-3-7-12(13)19/h3-4,7-8,14H,2,5-6,9-11H2,1H3. The van der Waals surface area contributed by atoms with Crippen LogP contribution in [0, 0.1) is 0 Å². The van der Waals surface area contributed by atoms with E-state index in [-0.39, 0.29) is 17.9 Å². The molecule has 1 unspecified atom stereocenters. The van der Waals surface area contributed by atoms with Gasteiger partial charge in [-0.3, -0.25) is 14.6 Å². The lowest BCUT2D eigenvalue weighted by Gasteiger charge is -2.31. The molecule has 6 nitrogen and oxygen atoms in total. The number of piperidine rings is 1. The van der Waals surface area contributed by atoms with Gasteiger partial charge in [-0.2, -0.15) is 0 Å². The summed E-state index contributed by atoms with van der Waals surface area (Å²) in [5, 5.41) is 0.382. The number of amidine groups is 1. The fourth-order valence-electron chi connectivity index (χ4n) is 3.11. The van der Waals surface area contributed by atoms with E-state index < -0.39 is 11.9 Å². The van der Waals surface area contributed by atoms with E-state index in [0.29, 0.717) is 10.7 Å². The molecule has 0 aliphatic carbocycles. The second kappa shape index (κ2) is 7.72. The van der Waals surface area contributed by atoms with Gasteiger partial charge < -0.3 is 0 Å². The van der Waals surface area contributed by atoms with E-state index in [1.54, 1.807) is 24.3 Å². The van der Waals surface area contributed by atoms with Crippen molar-refractivity contribution in [1.29, 1.82) is 0 Å². The molecular formula is C17H20Cl2N4O2. The number of amides is 3. The lowest BCUT2D eigenvalue weighted by molar-refractivity contribution is -0.119. The molecule has 0 aromatic heterocycles. The Morgan fingerprint density at radius 2 is 1.84 bits per heavy atom. The summed E-state index contributed by atoms with van der Waals surface area (Å²) in [5.41, 5.74) is 0.442. The van der Waals surface area contributed by atoms with Crippen LogP contribution in [0.15, 0.2) is 29.3 Å². The van der Waals surface area contributed by atoms with Crippen molar-refractivity contribution >= 4 is 46.7 Å². The van der Waals surface area contributed by atoms with E-state index in [2.05, 4.69) is 9.89 Å². The Morgan fingerprint density at radius 3 is 2.48 bits per heavy atom. The van der Waals surface area contributed by atoms with Crippen LogP contribution < -0.4 is 4.90 Å². The van der Waals surface area contributed by atoms with Gasteiger partial charge in [0.1, 0.15) is 6.17 Å². The Morgan fingerprint density at radius 1 is 1.16 bits per heavy atom. The minimum absolute atomic E-state index is 0.0665. The molecule has 1 atom stereocenters. The third-order valence-electron chi connectivity index (χ3n) is 4.50. The first kappa shape index (κ1) is 18.2. The number of hydrogen-bond acceptors (Lipinski definition) is 4. The van der Waals surface area contributed by atoms with Gasteiger partial charge in [0.05, 0.1) is 16.6 Å². The van der Waals surface area contributed by atoms with Crippen LogP contribution in [0.5, 0.6) is 0 Å². The van der Waals surface area contributed by atoms with Crippen molar-refractivity contribution in [1.82, 2.24) is 9.80 Å². The number of carbonyl (C=O) groups is 2. The summed E-state index contributed by atoms with van der Waals surface area (Å²) in [6.07, 6.45) is 3.01. The normalized spacial score (nSPS) is 22.1. The average Bonchev–Trinajstić information content (AvgIpc) is 2.84. The van der Waals surface area contributed by atoms with Gasteiger partial charge in [-0.25, -0.2) is 14.7 Å². The highest BCUT2D eigenvalue weighted by molar-refractivity contribution is 6.55. The molecule has 8 heteroatoms. The maximum atomic E-state index is 12.6. The van der Waals surface area contributed by atoms with E-state index in [4.69, 9.17) is 23.2 Å². The van der Waals surface area contributed by atoms with Crippen molar-refractivity contribution in [3.63, 3.8) is 0 Å². The molecule has 0 bridgehead atoms. The van der Waals surface area contributed by atoms with Gasteiger partial charge in [-0.1, -0.05) is 30.2 Å². The third-order valence-corrected chi connectivity index (χ3v) is 5.10. The zero-order chi connectivity index (χ0) is 18.0. The first-order chi connectivity index (χ1) is 12.0. The predicted octanol–water partition coefficient (Wildman–Crippen LogP) is 3.19. The van der Waals surface area contributed by atoms with Gasteiger partial charge in [0, 0.05) is 20.1 Å². The summed E-state index contributed by atoms with van der Waals surface area (Å²) in [7, 11) is 1.44. The summed E-state index contributed by atoms with van der Waals surface area (Å²) in [4.78, 5) is 34.2. The smallest absolute Gasteiger partial charge is 0.281 e. The molecule has 3 rings (SSSR count). The molecule has 25 heavy (non-hydrogen) atoms. The van der Waals surface area contributed by atoms with Crippen LogP contribution in [0.3, 0.4) is 0 Å². The van der Waals surface area contributed by atoms with Crippen LogP contribution >= 0.6 is 23.2 Å². The Kier molecular flexibility index (Phi) is 5.61. The molecular weight excluding hydrogens is 363 g/mol. The zero-order valence-electron chi connectivity index (χ0n) is 14.0. The van der Waals surface area contributed by atoms with Crippen LogP contribution in [0.1, 0.15) is 19.3 Å². The van der Waals surface area contributed by atoms with Crippen molar-refractivity contribution in [2.24, 2.45) is 4.99 Å². The topological polar surface area (TPSA) is 56.2 Å². The summed E-state index contributed by atoms with van der Waals surface area (Å²) in [6.45, 7) is 1.77. The van der Waals surface area contributed by atoms with Crippen LogP contribution in [0.25, 0.3) is 0 Å². The highest BCUT2D eigenvalue weighted by Crippen LogP contribution is 2.30. The number of urea groups is 1. The third kappa shape index (κ3) is 3.52. The van der Waals surface area contributed by atoms with E-state index in [1.807, 2.05) is 0 Å². The van der Waals surface area contributed by atoms with E-state index in [0.717, 1.165) is 30.8 Å². The first-order valence-electron chi connectivity index (χ1n) is 8.29. The molecule has 1 aromatic carbocycles. The summed E-state index contributed by atoms with van der Waals surface area (Å²) in [5.74, 6) is -0.126. The monoisotopic (exact) mass is 382 g/mol. The minimum atomic E-state index is -0.469. The number of anilines is 1. The number of carbonyl (C=O) groups excluding carboxylic acids is 2.